The molecule has 0 spiro atoms. The highest BCUT2D eigenvalue weighted by Crippen LogP contribution is 2.51. The Balaban J connectivity index is 2.09. The number of carbonyl (C=O) groups is 1. The average molecular weight is 328 g/mol. The van der Waals surface area contributed by atoms with Crippen LogP contribution in [0.1, 0.15) is 34.0 Å². The van der Waals surface area contributed by atoms with E-state index in [1.165, 1.54) is 18.2 Å². The second kappa shape index (κ2) is 5.81. The van der Waals surface area contributed by atoms with Gasteiger partial charge in [-0.15, -0.1) is 6.58 Å². The van der Waals surface area contributed by atoms with Crippen molar-refractivity contribution in [2.24, 2.45) is 0 Å². The van der Waals surface area contributed by atoms with Crippen molar-refractivity contribution in [2.45, 2.75) is 18.9 Å². The topological polar surface area (TPSA) is 107 Å². The normalized spacial score (nSPS) is 16.3. The first kappa shape index (κ1) is 15.7. The molecule has 6 heteroatoms. The lowest BCUT2D eigenvalue weighted by molar-refractivity contribution is 0.0836. The minimum atomic E-state index is -0.694. The zero-order valence-electron chi connectivity index (χ0n) is 12.7. The van der Waals surface area contributed by atoms with Crippen molar-refractivity contribution in [3.8, 4) is 28.7 Å². The van der Waals surface area contributed by atoms with Gasteiger partial charge >= 0.3 is 0 Å². The molecule has 0 aliphatic carbocycles. The van der Waals surface area contributed by atoms with Crippen LogP contribution in [0.25, 0.3) is 0 Å². The molecule has 0 saturated heterocycles. The maximum Gasteiger partial charge on any atom is 0.201 e. The second-order valence-corrected chi connectivity index (χ2v) is 5.55. The number of benzene rings is 2. The smallest absolute Gasteiger partial charge is 0.201 e. The zero-order chi connectivity index (χ0) is 17.4. The third kappa shape index (κ3) is 2.42. The van der Waals surface area contributed by atoms with E-state index in [-0.39, 0.29) is 35.5 Å². The fraction of sp³-hybridized carbons (Fsp3) is 0.167. The van der Waals surface area contributed by atoms with Crippen LogP contribution < -0.4 is 4.74 Å². The third-order valence-electron chi connectivity index (χ3n) is 4.00. The Morgan fingerprint density at radius 2 is 1.75 bits per heavy atom. The molecule has 0 radical (unpaired) electrons. The van der Waals surface area contributed by atoms with E-state index in [0.29, 0.717) is 5.56 Å². The first-order valence-electron chi connectivity index (χ1n) is 7.33. The molecule has 3 rings (SSSR count). The van der Waals surface area contributed by atoms with Crippen molar-refractivity contribution in [2.75, 3.05) is 0 Å². The molecule has 124 valence electrons. The first-order chi connectivity index (χ1) is 11.4. The summed E-state index contributed by atoms with van der Waals surface area (Å²) in [4.78, 5) is 12.5. The summed E-state index contributed by atoms with van der Waals surface area (Å²) in [5.74, 6) is -2.11. The predicted molar refractivity (Wildman–Crippen MR) is 85.8 cm³/mol. The van der Waals surface area contributed by atoms with Gasteiger partial charge in [-0.05, 0) is 24.1 Å². The van der Waals surface area contributed by atoms with Crippen LogP contribution in [0.2, 0.25) is 0 Å². The van der Waals surface area contributed by atoms with Gasteiger partial charge in [-0.1, -0.05) is 18.2 Å². The molecule has 1 aliphatic rings. The number of aromatic hydroxyl groups is 4. The van der Waals surface area contributed by atoms with Crippen molar-refractivity contribution in [1.82, 2.24) is 0 Å². The molecule has 1 unspecified atom stereocenters. The Hall–Kier alpha value is -3.15. The van der Waals surface area contributed by atoms with Crippen molar-refractivity contribution < 1.29 is 30.0 Å². The van der Waals surface area contributed by atoms with Crippen LogP contribution in [-0.4, -0.2) is 26.2 Å². The van der Waals surface area contributed by atoms with Gasteiger partial charge in [0.2, 0.25) is 5.75 Å². The molecular formula is C18H16O6. The number of phenolic OH excluding ortho intramolecular Hbond substituents is 4. The summed E-state index contributed by atoms with van der Waals surface area (Å²) in [6.45, 7) is 3.52. The maximum absolute atomic E-state index is 12.5. The Kier molecular flexibility index (Phi) is 3.81. The summed E-state index contributed by atoms with van der Waals surface area (Å²) in [6.07, 6.45) is 0.796. The van der Waals surface area contributed by atoms with Gasteiger partial charge in [0.25, 0.3) is 0 Å². The van der Waals surface area contributed by atoms with Crippen molar-refractivity contribution in [3.63, 3.8) is 0 Å². The summed E-state index contributed by atoms with van der Waals surface area (Å²) in [6, 6.07) is 6.11. The minimum Gasteiger partial charge on any atom is -0.508 e. The molecule has 0 saturated carbocycles. The van der Waals surface area contributed by atoms with Crippen LogP contribution in [0, 0.1) is 0 Å². The summed E-state index contributed by atoms with van der Waals surface area (Å²) in [7, 11) is 0. The number of ketones is 1. The number of fused-ring (bicyclic) bond motifs is 1. The first-order valence-corrected chi connectivity index (χ1v) is 7.33. The van der Waals surface area contributed by atoms with Crippen molar-refractivity contribution in [1.29, 1.82) is 0 Å². The Morgan fingerprint density at radius 1 is 1.08 bits per heavy atom. The van der Waals surface area contributed by atoms with E-state index in [1.54, 1.807) is 12.1 Å². The van der Waals surface area contributed by atoms with Gasteiger partial charge < -0.3 is 25.2 Å². The molecule has 2 aromatic carbocycles. The number of hydrogen-bond acceptors (Lipinski definition) is 6. The number of rotatable bonds is 3. The van der Waals surface area contributed by atoms with Crippen LogP contribution in [-0.2, 0) is 6.42 Å². The molecule has 0 amide bonds. The largest absolute Gasteiger partial charge is 0.508 e. The van der Waals surface area contributed by atoms with E-state index in [2.05, 4.69) is 6.58 Å². The Bertz CT molecular complexity index is 823. The molecule has 1 aliphatic heterocycles. The fourth-order valence-corrected chi connectivity index (χ4v) is 2.78. The summed E-state index contributed by atoms with van der Waals surface area (Å²) < 4.78 is 5.66. The van der Waals surface area contributed by atoms with E-state index in [9.17, 15) is 25.2 Å². The molecule has 0 fully saturated rings. The highest BCUT2D eigenvalue weighted by atomic mass is 16.5. The van der Waals surface area contributed by atoms with Gasteiger partial charge in [0, 0.05) is 5.56 Å². The van der Waals surface area contributed by atoms with Crippen LogP contribution in [0.5, 0.6) is 28.7 Å². The van der Waals surface area contributed by atoms with E-state index < -0.39 is 29.1 Å². The fourth-order valence-electron chi connectivity index (χ4n) is 2.78. The highest BCUT2D eigenvalue weighted by Gasteiger charge is 2.35. The monoisotopic (exact) mass is 328 g/mol. The van der Waals surface area contributed by atoms with Gasteiger partial charge in [-0.25, -0.2) is 0 Å². The van der Waals surface area contributed by atoms with Crippen LogP contribution in [0.4, 0.5) is 0 Å². The number of Topliss-reactive ketones (excluding diaryl/α,β-unsaturated/α-hetero) is 1. The van der Waals surface area contributed by atoms with E-state index in [1.807, 2.05) is 0 Å². The van der Waals surface area contributed by atoms with Crippen LogP contribution >= 0.6 is 0 Å². The summed E-state index contributed by atoms with van der Waals surface area (Å²) in [5, 5.41) is 39.9. The number of phenols is 4. The number of hydrogen-bond donors (Lipinski definition) is 4. The lowest BCUT2D eigenvalue weighted by atomic mass is 9.92. The minimum absolute atomic E-state index is 0.0290. The quantitative estimate of drug-likeness (QED) is 0.392. The van der Waals surface area contributed by atoms with Crippen LogP contribution in [0.15, 0.2) is 36.9 Å². The van der Waals surface area contributed by atoms with E-state index in [4.69, 9.17) is 4.74 Å². The van der Waals surface area contributed by atoms with Crippen LogP contribution in [0.3, 0.4) is 0 Å². The van der Waals surface area contributed by atoms with Gasteiger partial charge in [0.1, 0.15) is 23.2 Å². The van der Waals surface area contributed by atoms with Gasteiger partial charge in [-0.2, -0.15) is 0 Å². The maximum atomic E-state index is 12.5. The molecule has 6 nitrogen and oxygen atoms in total. The molecular weight excluding hydrogens is 312 g/mol. The van der Waals surface area contributed by atoms with Gasteiger partial charge in [0.05, 0.1) is 6.42 Å². The van der Waals surface area contributed by atoms with Gasteiger partial charge in [0.15, 0.2) is 17.3 Å². The lowest BCUT2D eigenvalue weighted by Crippen LogP contribution is -2.21. The Labute approximate surface area is 137 Å². The van der Waals surface area contributed by atoms with Gasteiger partial charge in [-0.3, -0.25) is 4.79 Å². The molecule has 1 atom stereocenters. The molecule has 0 aromatic heterocycles. The second-order valence-electron chi connectivity index (χ2n) is 5.55. The predicted octanol–water partition coefficient (Wildman–Crippen LogP) is 2.94. The average Bonchev–Trinajstić information content (AvgIpc) is 2.56. The third-order valence-corrected chi connectivity index (χ3v) is 4.00. The molecule has 0 bridgehead atoms. The highest BCUT2D eigenvalue weighted by molar-refractivity contribution is 6.04. The van der Waals surface area contributed by atoms with E-state index in [0.717, 1.165) is 0 Å². The molecule has 24 heavy (non-hydrogen) atoms. The standard InChI is InChI=1S/C18H16O6/c1-2-3-11-15(21)14-12(20)8-13(9-4-6-10(19)7-5-9)24-18(14)17(23)16(11)22/h2,4-7,13,19,21-23H,1,3,8H2. The summed E-state index contributed by atoms with van der Waals surface area (Å²) in [5.41, 5.74) is 0.513. The number of carbonyl (C=O) groups excluding carboxylic acids is 1. The molecule has 2 aromatic rings. The van der Waals surface area contributed by atoms with E-state index >= 15 is 0 Å². The molecule has 4 N–H and O–H groups in total. The SMILES string of the molecule is C=CCc1c(O)c(O)c2c(c1O)C(=O)CC(c1ccc(O)cc1)O2. The van der Waals surface area contributed by atoms with Crippen molar-refractivity contribution in [3.05, 3.63) is 53.6 Å². The lowest BCUT2D eigenvalue weighted by Gasteiger charge is -2.27. The number of allylic oxidation sites excluding steroid dienone is 1. The Morgan fingerprint density at radius 3 is 2.38 bits per heavy atom. The zero-order valence-corrected chi connectivity index (χ0v) is 12.7. The number of ether oxygens (including phenoxy) is 1. The molecule has 1 heterocycles. The summed E-state index contributed by atoms with van der Waals surface area (Å²) >= 11 is 0. The van der Waals surface area contributed by atoms with Crippen molar-refractivity contribution >= 4 is 5.78 Å².